The largest absolute Gasteiger partial charge is 0.394 e. The number of carbonyl (C=O) groups is 1. The van der Waals surface area contributed by atoms with Gasteiger partial charge in [-0.3, -0.25) is 9.69 Å². The van der Waals surface area contributed by atoms with Crippen LogP contribution in [0.25, 0.3) is 0 Å². The van der Waals surface area contributed by atoms with Gasteiger partial charge in [0.15, 0.2) is 0 Å². The molecule has 112 valence electrons. The zero-order valence-corrected chi connectivity index (χ0v) is 13.1. The van der Waals surface area contributed by atoms with Crippen molar-refractivity contribution in [2.75, 3.05) is 27.2 Å². The van der Waals surface area contributed by atoms with E-state index in [0.717, 1.165) is 18.8 Å². The molecule has 4 nitrogen and oxygen atoms in total. The minimum Gasteiger partial charge on any atom is -0.394 e. The molecule has 19 heavy (non-hydrogen) atoms. The van der Waals surface area contributed by atoms with Crippen molar-refractivity contribution in [3.05, 3.63) is 0 Å². The molecule has 0 bridgehead atoms. The van der Waals surface area contributed by atoms with Gasteiger partial charge in [-0.15, -0.1) is 0 Å². The van der Waals surface area contributed by atoms with Crippen molar-refractivity contribution in [2.45, 2.75) is 58.0 Å². The van der Waals surface area contributed by atoms with Crippen LogP contribution in [-0.2, 0) is 4.79 Å². The van der Waals surface area contributed by atoms with Crippen LogP contribution in [-0.4, -0.2) is 59.6 Å². The van der Waals surface area contributed by atoms with E-state index in [1.54, 1.807) is 0 Å². The third-order valence-electron chi connectivity index (χ3n) is 4.72. The molecule has 1 fully saturated rings. The Hall–Kier alpha value is -0.610. The molecule has 0 spiro atoms. The van der Waals surface area contributed by atoms with Gasteiger partial charge >= 0.3 is 0 Å². The highest BCUT2D eigenvalue weighted by Crippen LogP contribution is 2.26. The van der Waals surface area contributed by atoms with Gasteiger partial charge in [0.05, 0.1) is 13.2 Å². The van der Waals surface area contributed by atoms with Crippen molar-refractivity contribution in [1.82, 2.24) is 9.80 Å². The number of rotatable bonds is 5. The highest BCUT2D eigenvalue weighted by Gasteiger charge is 2.28. The quantitative estimate of drug-likeness (QED) is 0.827. The fraction of sp³-hybridized carbons (Fsp3) is 0.933. The van der Waals surface area contributed by atoms with Crippen molar-refractivity contribution in [1.29, 1.82) is 0 Å². The first-order chi connectivity index (χ1) is 8.77. The number of aliphatic hydroxyl groups excluding tert-OH is 1. The van der Waals surface area contributed by atoms with Crippen LogP contribution < -0.4 is 0 Å². The first-order valence-electron chi connectivity index (χ1n) is 7.35. The molecule has 0 saturated heterocycles. The Balaban J connectivity index is 2.49. The smallest absolute Gasteiger partial charge is 0.236 e. The number of hydrogen-bond donors (Lipinski definition) is 1. The summed E-state index contributed by atoms with van der Waals surface area (Å²) in [5.74, 6) is 0.958. The molecular formula is C15H30N2O2. The number of carbonyl (C=O) groups excluding carboxylic acids is 1. The lowest BCUT2D eigenvalue weighted by atomic mass is 9.87. The van der Waals surface area contributed by atoms with Crippen molar-refractivity contribution in [2.24, 2.45) is 5.92 Å². The molecule has 0 aliphatic heterocycles. The SMILES string of the molecule is CC1CCC(N(C)C(=O)CN(C)C(C)(C)CO)CC1. The third kappa shape index (κ3) is 4.46. The van der Waals surface area contributed by atoms with E-state index in [1.165, 1.54) is 12.8 Å². The van der Waals surface area contributed by atoms with Gasteiger partial charge in [-0.25, -0.2) is 0 Å². The summed E-state index contributed by atoms with van der Waals surface area (Å²) in [6.45, 7) is 6.61. The van der Waals surface area contributed by atoms with Gasteiger partial charge in [0.2, 0.25) is 5.91 Å². The minimum atomic E-state index is -0.350. The third-order valence-corrected chi connectivity index (χ3v) is 4.72. The number of nitrogens with zero attached hydrogens (tertiary/aromatic N) is 2. The lowest BCUT2D eigenvalue weighted by Gasteiger charge is -2.37. The topological polar surface area (TPSA) is 43.8 Å². The number of hydrogen-bond acceptors (Lipinski definition) is 3. The summed E-state index contributed by atoms with van der Waals surface area (Å²) in [6.07, 6.45) is 4.69. The predicted molar refractivity (Wildman–Crippen MR) is 78.0 cm³/mol. The molecular weight excluding hydrogens is 240 g/mol. The summed E-state index contributed by atoms with van der Waals surface area (Å²) in [5, 5.41) is 9.33. The van der Waals surface area contributed by atoms with Gasteiger partial charge in [0.1, 0.15) is 0 Å². The number of aliphatic hydroxyl groups is 1. The molecule has 0 unspecified atom stereocenters. The molecule has 1 aliphatic rings. The molecule has 1 saturated carbocycles. The van der Waals surface area contributed by atoms with Crippen molar-refractivity contribution >= 4 is 5.91 Å². The highest BCUT2D eigenvalue weighted by molar-refractivity contribution is 5.78. The fourth-order valence-corrected chi connectivity index (χ4v) is 2.48. The van der Waals surface area contributed by atoms with Gasteiger partial charge in [0.25, 0.3) is 0 Å². The van der Waals surface area contributed by atoms with Crippen LogP contribution in [0.5, 0.6) is 0 Å². The Morgan fingerprint density at radius 1 is 1.21 bits per heavy atom. The van der Waals surface area contributed by atoms with E-state index in [0.29, 0.717) is 12.6 Å². The molecule has 0 aromatic carbocycles. The standard InChI is InChI=1S/C15H30N2O2/c1-12-6-8-13(9-7-12)17(5)14(19)10-16(4)15(2,3)11-18/h12-13,18H,6-11H2,1-5H3. The molecule has 0 aromatic heterocycles. The lowest BCUT2D eigenvalue weighted by molar-refractivity contribution is -0.135. The van der Waals surface area contributed by atoms with E-state index in [4.69, 9.17) is 0 Å². The van der Waals surface area contributed by atoms with E-state index in [2.05, 4.69) is 6.92 Å². The highest BCUT2D eigenvalue weighted by atomic mass is 16.3. The van der Waals surface area contributed by atoms with Gasteiger partial charge < -0.3 is 10.0 Å². The number of likely N-dealkylation sites (N-methyl/N-ethyl adjacent to an activating group) is 2. The van der Waals surface area contributed by atoms with E-state index in [9.17, 15) is 9.90 Å². The van der Waals surface area contributed by atoms with Crippen molar-refractivity contribution < 1.29 is 9.90 Å². The van der Waals surface area contributed by atoms with E-state index >= 15 is 0 Å². The zero-order valence-electron chi connectivity index (χ0n) is 13.1. The summed E-state index contributed by atoms with van der Waals surface area (Å²) in [4.78, 5) is 16.1. The van der Waals surface area contributed by atoms with Gasteiger partial charge in [-0.1, -0.05) is 6.92 Å². The Kier molecular flexibility index (Phi) is 5.81. The van der Waals surface area contributed by atoms with Crippen LogP contribution in [0.4, 0.5) is 0 Å². The fourth-order valence-electron chi connectivity index (χ4n) is 2.48. The lowest BCUT2D eigenvalue weighted by Crippen LogP contribution is -2.50. The van der Waals surface area contributed by atoms with E-state index in [1.807, 2.05) is 37.7 Å². The van der Waals surface area contributed by atoms with E-state index in [-0.39, 0.29) is 18.1 Å². The van der Waals surface area contributed by atoms with Crippen molar-refractivity contribution in [3.63, 3.8) is 0 Å². The molecule has 1 aliphatic carbocycles. The van der Waals surface area contributed by atoms with Crippen LogP contribution in [0.2, 0.25) is 0 Å². The first kappa shape index (κ1) is 16.4. The van der Waals surface area contributed by atoms with Crippen LogP contribution in [0, 0.1) is 5.92 Å². The van der Waals surface area contributed by atoms with Crippen LogP contribution >= 0.6 is 0 Å². The normalized spacial score (nSPS) is 24.6. The number of amides is 1. The minimum absolute atomic E-state index is 0.0570. The van der Waals surface area contributed by atoms with E-state index < -0.39 is 0 Å². The average molecular weight is 270 g/mol. The average Bonchev–Trinajstić information content (AvgIpc) is 2.38. The van der Waals surface area contributed by atoms with Gasteiger partial charge in [-0.2, -0.15) is 0 Å². The van der Waals surface area contributed by atoms with Crippen LogP contribution in [0.3, 0.4) is 0 Å². The molecule has 0 radical (unpaired) electrons. The monoisotopic (exact) mass is 270 g/mol. The second-order valence-electron chi connectivity index (χ2n) is 6.74. The Labute approximate surface area is 117 Å². The van der Waals surface area contributed by atoms with Gasteiger partial charge in [0, 0.05) is 18.6 Å². The Morgan fingerprint density at radius 3 is 2.21 bits per heavy atom. The van der Waals surface area contributed by atoms with Crippen molar-refractivity contribution in [3.8, 4) is 0 Å². The molecule has 4 heteroatoms. The molecule has 1 rings (SSSR count). The second-order valence-corrected chi connectivity index (χ2v) is 6.74. The molecule has 0 heterocycles. The molecule has 0 atom stereocenters. The second kappa shape index (κ2) is 6.71. The van der Waals surface area contributed by atoms with Crippen LogP contribution in [0.1, 0.15) is 46.5 Å². The van der Waals surface area contributed by atoms with Crippen LogP contribution in [0.15, 0.2) is 0 Å². The first-order valence-corrected chi connectivity index (χ1v) is 7.35. The molecule has 0 aromatic rings. The predicted octanol–water partition coefficient (Wildman–Crippen LogP) is 1.73. The maximum atomic E-state index is 12.3. The summed E-state index contributed by atoms with van der Waals surface area (Å²) in [6, 6.07) is 0.398. The Morgan fingerprint density at radius 2 is 1.74 bits per heavy atom. The zero-order chi connectivity index (χ0) is 14.6. The summed E-state index contributed by atoms with van der Waals surface area (Å²) >= 11 is 0. The molecule has 1 N–H and O–H groups in total. The maximum Gasteiger partial charge on any atom is 0.236 e. The maximum absolute atomic E-state index is 12.3. The Bertz CT molecular complexity index is 297. The molecule has 1 amide bonds. The van der Waals surface area contributed by atoms with Gasteiger partial charge in [-0.05, 0) is 52.5 Å². The summed E-state index contributed by atoms with van der Waals surface area (Å²) < 4.78 is 0. The summed E-state index contributed by atoms with van der Waals surface area (Å²) in [7, 11) is 3.81. The summed E-state index contributed by atoms with van der Waals surface area (Å²) in [5.41, 5.74) is -0.350.